The lowest BCUT2D eigenvalue weighted by Crippen LogP contribution is -2.21. The molecule has 0 aliphatic rings. The quantitative estimate of drug-likeness (QED) is 0.254. The number of aromatic hydroxyl groups is 1. The Kier molecular flexibility index (Phi) is 10.1. The fourth-order valence-corrected chi connectivity index (χ4v) is 3.10. The van der Waals surface area contributed by atoms with Crippen LogP contribution in [0.1, 0.15) is 17.0 Å². The van der Waals surface area contributed by atoms with Gasteiger partial charge in [0.15, 0.2) is 34.6 Å². The third-order valence-electron chi connectivity index (χ3n) is 4.69. The van der Waals surface area contributed by atoms with Crippen molar-refractivity contribution in [3.05, 3.63) is 66.3 Å². The number of phenolic OH excluding ortho intramolecular Hbond substituents is 1. The fraction of sp³-hybridized carbons (Fsp3) is 0.280. The number of ketones is 2. The second-order valence-electron chi connectivity index (χ2n) is 6.83. The van der Waals surface area contributed by atoms with Gasteiger partial charge in [0.2, 0.25) is 0 Å². The molecule has 1 atom stereocenters. The van der Waals surface area contributed by atoms with Crippen molar-refractivity contribution in [1.29, 1.82) is 0 Å². The van der Waals surface area contributed by atoms with Gasteiger partial charge in [-0.15, -0.1) is 0 Å². The molecule has 176 valence electrons. The van der Waals surface area contributed by atoms with Crippen LogP contribution in [0.2, 0.25) is 0 Å². The van der Waals surface area contributed by atoms with Gasteiger partial charge >= 0.3 is 0 Å². The largest absolute Gasteiger partial charge is 0.504 e. The molecule has 2 rings (SSSR count). The highest BCUT2D eigenvalue weighted by atomic mass is 16.5. The normalized spacial score (nSPS) is 11.7. The Morgan fingerprint density at radius 1 is 1.06 bits per heavy atom. The molecular formula is C25H29NO7. The molecule has 1 unspecified atom stereocenters. The molecule has 0 saturated heterocycles. The van der Waals surface area contributed by atoms with Gasteiger partial charge < -0.3 is 29.8 Å². The minimum atomic E-state index is -1.17. The molecule has 2 aromatic carbocycles. The summed E-state index contributed by atoms with van der Waals surface area (Å²) in [6.45, 7) is 4.78. The zero-order chi connectivity index (χ0) is 24.2. The minimum absolute atomic E-state index is 0.0192. The van der Waals surface area contributed by atoms with Crippen molar-refractivity contribution < 1.29 is 33.6 Å². The molecule has 0 spiro atoms. The smallest absolute Gasteiger partial charge is 0.171 e. The van der Waals surface area contributed by atoms with E-state index in [4.69, 9.17) is 24.7 Å². The molecule has 0 fully saturated rings. The molecule has 0 amide bonds. The second-order valence-corrected chi connectivity index (χ2v) is 6.83. The van der Waals surface area contributed by atoms with E-state index in [-0.39, 0.29) is 30.5 Å². The van der Waals surface area contributed by atoms with E-state index >= 15 is 0 Å². The molecule has 8 heteroatoms. The highest BCUT2D eigenvalue weighted by Crippen LogP contribution is 2.37. The average Bonchev–Trinajstić information content (AvgIpc) is 2.83. The van der Waals surface area contributed by atoms with Crippen molar-refractivity contribution in [3.63, 3.8) is 0 Å². The third kappa shape index (κ3) is 6.93. The molecule has 3 N–H and O–H groups in total. The van der Waals surface area contributed by atoms with Crippen LogP contribution in [0.3, 0.4) is 0 Å². The van der Waals surface area contributed by atoms with Crippen LogP contribution >= 0.6 is 0 Å². The van der Waals surface area contributed by atoms with Gasteiger partial charge in [0, 0.05) is 12.1 Å². The van der Waals surface area contributed by atoms with E-state index in [0.717, 1.165) is 6.08 Å². The van der Waals surface area contributed by atoms with Gasteiger partial charge in [-0.3, -0.25) is 9.59 Å². The number of methoxy groups -OCH3 is 2. The molecule has 0 aliphatic heterocycles. The number of rotatable bonds is 14. The number of carbonyl (C=O) groups is 2. The Morgan fingerprint density at radius 3 is 2.48 bits per heavy atom. The number of hydrogen-bond acceptors (Lipinski definition) is 8. The summed E-state index contributed by atoms with van der Waals surface area (Å²) in [4.78, 5) is 25.9. The summed E-state index contributed by atoms with van der Waals surface area (Å²) in [5.41, 5.74) is 6.38. The first-order valence-electron chi connectivity index (χ1n) is 10.3. The number of ether oxygens (including phenoxy) is 4. The summed E-state index contributed by atoms with van der Waals surface area (Å²) in [6, 6.07) is 9.64. The highest BCUT2D eigenvalue weighted by molar-refractivity contribution is 6.17. The summed E-state index contributed by atoms with van der Waals surface area (Å²) in [7, 11) is 2.90. The average molecular weight is 456 g/mol. The Bertz CT molecular complexity index is 1000. The SMILES string of the molecule is C=CC(=O)C(C(=O)C=Cc1ccc(O)c(OC)c1)c1cccc(OC)c1OCCOCCN. The van der Waals surface area contributed by atoms with Crippen LogP contribution in [0.15, 0.2) is 55.1 Å². The van der Waals surface area contributed by atoms with Gasteiger partial charge in [-0.1, -0.05) is 30.9 Å². The van der Waals surface area contributed by atoms with Crippen molar-refractivity contribution in [2.45, 2.75) is 5.92 Å². The maximum Gasteiger partial charge on any atom is 0.171 e. The predicted octanol–water partition coefficient (Wildman–Crippen LogP) is 2.88. The summed E-state index contributed by atoms with van der Waals surface area (Å²) < 4.78 is 21.6. The first-order chi connectivity index (χ1) is 16.0. The Hall–Kier alpha value is -3.62. The number of para-hydroxylation sites is 1. The van der Waals surface area contributed by atoms with Crippen LogP contribution in [-0.2, 0) is 14.3 Å². The van der Waals surface area contributed by atoms with Crippen LogP contribution in [-0.4, -0.2) is 57.3 Å². The zero-order valence-corrected chi connectivity index (χ0v) is 18.8. The number of phenols is 1. The van der Waals surface area contributed by atoms with Gasteiger partial charge in [0.25, 0.3) is 0 Å². The molecule has 0 saturated carbocycles. The number of allylic oxidation sites excluding steroid dienone is 2. The maximum absolute atomic E-state index is 13.1. The summed E-state index contributed by atoms with van der Waals surface area (Å²) in [5, 5.41) is 9.74. The van der Waals surface area contributed by atoms with E-state index in [1.54, 1.807) is 30.3 Å². The van der Waals surface area contributed by atoms with Gasteiger partial charge in [-0.2, -0.15) is 0 Å². The lowest BCUT2D eigenvalue weighted by atomic mass is 9.89. The molecule has 2 aromatic rings. The first kappa shape index (κ1) is 25.6. The minimum Gasteiger partial charge on any atom is -0.504 e. The van der Waals surface area contributed by atoms with Crippen molar-refractivity contribution in [2.24, 2.45) is 5.73 Å². The lowest BCUT2D eigenvalue weighted by Gasteiger charge is -2.19. The number of benzene rings is 2. The number of carbonyl (C=O) groups excluding carboxylic acids is 2. The fourth-order valence-electron chi connectivity index (χ4n) is 3.10. The lowest BCUT2D eigenvalue weighted by molar-refractivity contribution is -0.124. The highest BCUT2D eigenvalue weighted by Gasteiger charge is 2.29. The molecule has 33 heavy (non-hydrogen) atoms. The van der Waals surface area contributed by atoms with Crippen LogP contribution in [0.25, 0.3) is 6.08 Å². The Morgan fingerprint density at radius 2 is 1.82 bits per heavy atom. The van der Waals surface area contributed by atoms with Gasteiger partial charge in [-0.05, 0) is 35.9 Å². The van der Waals surface area contributed by atoms with E-state index in [2.05, 4.69) is 6.58 Å². The van der Waals surface area contributed by atoms with E-state index in [1.807, 2.05) is 0 Å². The summed E-state index contributed by atoms with van der Waals surface area (Å²) in [6.07, 6.45) is 3.94. The second kappa shape index (κ2) is 13.0. The Balaban J connectivity index is 2.36. The summed E-state index contributed by atoms with van der Waals surface area (Å²) >= 11 is 0. The van der Waals surface area contributed by atoms with Crippen molar-refractivity contribution in [1.82, 2.24) is 0 Å². The first-order valence-corrected chi connectivity index (χ1v) is 10.3. The van der Waals surface area contributed by atoms with Gasteiger partial charge in [0.05, 0.1) is 27.4 Å². The molecule has 0 heterocycles. The van der Waals surface area contributed by atoms with Crippen molar-refractivity contribution in [2.75, 3.05) is 40.6 Å². The number of hydrogen-bond donors (Lipinski definition) is 2. The van der Waals surface area contributed by atoms with Gasteiger partial charge in [-0.25, -0.2) is 0 Å². The standard InChI is InChI=1S/C25H29NO7/c1-4-19(27)24(21(29)11-9-17-8-10-20(28)23(16-17)31-3)18-6-5-7-22(30-2)25(18)33-15-14-32-13-12-26/h4-11,16,24,28H,1,12-15,26H2,2-3H3. The maximum atomic E-state index is 13.1. The van der Waals surface area contributed by atoms with E-state index in [0.29, 0.717) is 30.0 Å². The monoisotopic (exact) mass is 455 g/mol. The molecular weight excluding hydrogens is 426 g/mol. The molecule has 0 bridgehead atoms. The van der Waals surface area contributed by atoms with Gasteiger partial charge in [0.1, 0.15) is 12.5 Å². The summed E-state index contributed by atoms with van der Waals surface area (Å²) in [5.74, 6) is -1.21. The van der Waals surface area contributed by atoms with Crippen LogP contribution in [0, 0.1) is 0 Å². The van der Waals surface area contributed by atoms with Crippen molar-refractivity contribution in [3.8, 4) is 23.0 Å². The van der Waals surface area contributed by atoms with E-state index < -0.39 is 17.5 Å². The zero-order valence-electron chi connectivity index (χ0n) is 18.8. The molecule has 0 aromatic heterocycles. The third-order valence-corrected chi connectivity index (χ3v) is 4.69. The molecule has 0 aliphatic carbocycles. The number of nitrogens with two attached hydrogens (primary N) is 1. The van der Waals surface area contributed by atoms with Crippen LogP contribution < -0.4 is 19.9 Å². The predicted molar refractivity (Wildman–Crippen MR) is 125 cm³/mol. The molecule has 8 nitrogen and oxygen atoms in total. The van der Waals surface area contributed by atoms with E-state index in [9.17, 15) is 14.7 Å². The van der Waals surface area contributed by atoms with Crippen molar-refractivity contribution >= 4 is 17.6 Å². The molecule has 0 radical (unpaired) electrons. The van der Waals surface area contributed by atoms with Crippen LogP contribution in [0.4, 0.5) is 0 Å². The Labute approximate surface area is 193 Å². The van der Waals surface area contributed by atoms with Crippen LogP contribution in [0.5, 0.6) is 23.0 Å². The topological polar surface area (TPSA) is 117 Å². The van der Waals surface area contributed by atoms with E-state index in [1.165, 1.54) is 32.4 Å².